The van der Waals surface area contributed by atoms with E-state index in [2.05, 4.69) is 0 Å². The van der Waals surface area contributed by atoms with Crippen LogP contribution in [0.2, 0.25) is 5.02 Å². The zero-order valence-corrected chi connectivity index (χ0v) is 9.16. The third-order valence-electron chi connectivity index (χ3n) is 3.07. The molecule has 1 aliphatic rings. The normalized spacial score (nSPS) is 27.9. The van der Waals surface area contributed by atoms with Crippen molar-refractivity contribution in [2.45, 2.75) is 24.5 Å². The fourth-order valence-corrected chi connectivity index (χ4v) is 2.29. The SMILES string of the molecule is N[C@@](c1ccccc1Cl)(C(F)F)C1CC1O. The maximum atomic E-state index is 13.1. The Balaban J connectivity index is 2.44. The fourth-order valence-electron chi connectivity index (χ4n) is 1.99. The van der Waals surface area contributed by atoms with Crippen molar-refractivity contribution in [3.8, 4) is 0 Å². The van der Waals surface area contributed by atoms with Gasteiger partial charge in [-0.05, 0) is 18.1 Å². The first-order valence-electron chi connectivity index (χ1n) is 4.98. The lowest BCUT2D eigenvalue weighted by Crippen LogP contribution is -2.47. The van der Waals surface area contributed by atoms with Gasteiger partial charge in [0.05, 0.1) is 6.10 Å². The molecule has 88 valence electrons. The van der Waals surface area contributed by atoms with E-state index in [0.29, 0.717) is 6.42 Å². The Bertz CT molecular complexity index is 401. The van der Waals surface area contributed by atoms with Crippen LogP contribution in [0.15, 0.2) is 24.3 Å². The number of aliphatic hydroxyl groups excluding tert-OH is 1. The van der Waals surface area contributed by atoms with Gasteiger partial charge in [-0.3, -0.25) is 0 Å². The molecule has 1 aliphatic carbocycles. The molecule has 0 aromatic heterocycles. The minimum Gasteiger partial charge on any atom is -0.393 e. The first kappa shape index (κ1) is 11.8. The lowest BCUT2D eigenvalue weighted by Gasteiger charge is -2.30. The van der Waals surface area contributed by atoms with E-state index in [-0.39, 0.29) is 10.6 Å². The minimum absolute atomic E-state index is 0.202. The van der Waals surface area contributed by atoms with Gasteiger partial charge < -0.3 is 10.8 Å². The van der Waals surface area contributed by atoms with Gasteiger partial charge in [0.2, 0.25) is 0 Å². The van der Waals surface area contributed by atoms with Crippen molar-refractivity contribution in [2.24, 2.45) is 11.7 Å². The molecule has 1 aromatic carbocycles. The van der Waals surface area contributed by atoms with Crippen LogP contribution in [-0.4, -0.2) is 17.6 Å². The highest BCUT2D eigenvalue weighted by Gasteiger charge is 2.56. The van der Waals surface area contributed by atoms with Crippen LogP contribution in [0.3, 0.4) is 0 Å². The molecule has 3 atom stereocenters. The second kappa shape index (κ2) is 3.95. The average Bonchev–Trinajstić information content (AvgIpc) is 2.95. The van der Waals surface area contributed by atoms with Crippen molar-refractivity contribution < 1.29 is 13.9 Å². The van der Waals surface area contributed by atoms with Crippen LogP contribution < -0.4 is 5.73 Å². The summed E-state index contributed by atoms with van der Waals surface area (Å²) in [6, 6.07) is 6.27. The van der Waals surface area contributed by atoms with E-state index < -0.39 is 24.0 Å². The van der Waals surface area contributed by atoms with E-state index >= 15 is 0 Å². The summed E-state index contributed by atoms with van der Waals surface area (Å²) in [5.41, 5.74) is 4.12. The summed E-state index contributed by atoms with van der Waals surface area (Å²) in [4.78, 5) is 0. The van der Waals surface area contributed by atoms with Crippen LogP contribution in [0, 0.1) is 5.92 Å². The highest BCUT2D eigenvalue weighted by molar-refractivity contribution is 6.31. The van der Waals surface area contributed by atoms with Crippen molar-refractivity contribution in [3.63, 3.8) is 0 Å². The largest absolute Gasteiger partial charge is 0.393 e. The molecular formula is C11H12ClF2NO. The third kappa shape index (κ3) is 1.71. The molecule has 0 bridgehead atoms. The zero-order chi connectivity index (χ0) is 11.9. The molecule has 0 saturated heterocycles. The van der Waals surface area contributed by atoms with E-state index in [9.17, 15) is 13.9 Å². The number of aliphatic hydroxyl groups is 1. The molecule has 0 radical (unpaired) electrons. The van der Waals surface area contributed by atoms with Gasteiger partial charge >= 0.3 is 0 Å². The maximum absolute atomic E-state index is 13.1. The lowest BCUT2D eigenvalue weighted by atomic mass is 9.86. The second-order valence-electron chi connectivity index (χ2n) is 4.12. The number of alkyl halides is 2. The topological polar surface area (TPSA) is 46.2 Å². The van der Waals surface area contributed by atoms with E-state index in [0.717, 1.165) is 0 Å². The Morgan fingerprint density at radius 1 is 1.44 bits per heavy atom. The number of rotatable bonds is 3. The van der Waals surface area contributed by atoms with Crippen molar-refractivity contribution in [3.05, 3.63) is 34.9 Å². The highest BCUT2D eigenvalue weighted by atomic mass is 35.5. The van der Waals surface area contributed by atoms with Gasteiger partial charge in [-0.2, -0.15) is 0 Å². The zero-order valence-electron chi connectivity index (χ0n) is 8.41. The first-order valence-corrected chi connectivity index (χ1v) is 5.35. The molecule has 2 unspecified atom stereocenters. The number of hydrogen-bond acceptors (Lipinski definition) is 2. The molecule has 3 N–H and O–H groups in total. The van der Waals surface area contributed by atoms with Gasteiger partial charge in [-0.25, -0.2) is 8.78 Å². The summed E-state index contributed by atoms with van der Waals surface area (Å²) in [6.07, 6.45) is -3.21. The maximum Gasteiger partial charge on any atom is 0.260 e. The molecule has 16 heavy (non-hydrogen) atoms. The van der Waals surface area contributed by atoms with E-state index in [4.69, 9.17) is 17.3 Å². The van der Waals surface area contributed by atoms with Crippen LogP contribution in [-0.2, 0) is 5.54 Å². The Morgan fingerprint density at radius 2 is 2.00 bits per heavy atom. The summed E-state index contributed by atoms with van der Waals surface area (Å²) in [5.74, 6) is -0.618. The Labute approximate surface area is 97.0 Å². The summed E-state index contributed by atoms with van der Waals surface area (Å²) >= 11 is 5.88. The lowest BCUT2D eigenvalue weighted by molar-refractivity contribution is 0.0283. The van der Waals surface area contributed by atoms with E-state index in [1.807, 2.05) is 0 Å². The molecule has 5 heteroatoms. The molecule has 2 rings (SSSR count). The molecule has 1 saturated carbocycles. The quantitative estimate of drug-likeness (QED) is 0.860. The summed E-state index contributed by atoms with van der Waals surface area (Å²) in [7, 11) is 0. The van der Waals surface area contributed by atoms with Gasteiger partial charge in [0.15, 0.2) is 0 Å². The van der Waals surface area contributed by atoms with Crippen LogP contribution in [0.1, 0.15) is 12.0 Å². The number of halogens is 3. The van der Waals surface area contributed by atoms with Crippen LogP contribution >= 0.6 is 11.6 Å². The Kier molecular flexibility index (Phi) is 2.90. The summed E-state index contributed by atoms with van der Waals surface area (Å²) in [6.45, 7) is 0. The van der Waals surface area contributed by atoms with Gasteiger partial charge in [0.1, 0.15) is 5.54 Å². The minimum atomic E-state index is -2.76. The standard InChI is InChI=1S/C11H12ClF2NO/c12-8-4-2-1-3-6(8)11(15,10(13)14)7-5-9(7)16/h1-4,7,9-10,16H,5,15H2/t7?,9?,11-/m1/s1. The van der Waals surface area contributed by atoms with Gasteiger partial charge in [-0.1, -0.05) is 29.8 Å². The molecule has 0 aliphatic heterocycles. The van der Waals surface area contributed by atoms with Crippen molar-refractivity contribution in [2.75, 3.05) is 0 Å². The highest BCUT2D eigenvalue weighted by Crippen LogP contribution is 2.49. The van der Waals surface area contributed by atoms with Gasteiger partial charge in [-0.15, -0.1) is 0 Å². The van der Waals surface area contributed by atoms with Crippen molar-refractivity contribution in [1.29, 1.82) is 0 Å². The Hall–Kier alpha value is -0.710. The third-order valence-corrected chi connectivity index (χ3v) is 3.40. The second-order valence-corrected chi connectivity index (χ2v) is 4.53. The molecule has 0 heterocycles. The molecule has 1 aromatic rings. The van der Waals surface area contributed by atoms with Crippen molar-refractivity contribution >= 4 is 11.6 Å². The van der Waals surface area contributed by atoms with Gasteiger partial charge in [0.25, 0.3) is 6.43 Å². The van der Waals surface area contributed by atoms with Crippen LogP contribution in [0.25, 0.3) is 0 Å². The fraction of sp³-hybridized carbons (Fsp3) is 0.455. The molecule has 2 nitrogen and oxygen atoms in total. The number of nitrogens with two attached hydrogens (primary N) is 1. The smallest absolute Gasteiger partial charge is 0.260 e. The molecule has 0 spiro atoms. The summed E-state index contributed by atoms with van der Waals surface area (Å²) < 4.78 is 26.2. The van der Waals surface area contributed by atoms with Gasteiger partial charge in [0, 0.05) is 10.9 Å². The predicted molar refractivity (Wildman–Crippen MR) is 57.4 cm³/mol. The van der Waals surface area contributed by atoms with Crippen LogP contribution in [0.5, 0.6) is 0 Å². The Morgan fingerprint density at radius 3 is 2.44 bits per heavy atom. The molecule has 0 amide bonds. The van der Waals surface area contributed by atoms with E-state index in [1.54, 1.807) is 12.1 Å². The van der Waals surface area contributed by atoms with Crippen molar-refractivity contribution in [1.82, 2.24) is 0 Å². The van der Waals surface area contributed by atoms with Crippen LogP contribution in [0.4, 0.5) is 8.78 Å². The number of benzene rings is 1. The predicted octanol–water partition coefficient (Wildman–Crippen LogP) is 2.14. The monoisotopic (exact) mass is 247 g/mol. The first-order chi connectivity index (χ1) is 7.48. The molecule has 1 fully saturated rings. The van der Waals surface area contributed by atoms with E-state index in [1.165, 1.54) is 12.1 Å². The number of hydrogen-bond donors (Lipinski definition) is 2. The molecular weight excluding hydrogens is 236 g/mol. The summed E-state index contributed by atoms with van der Waals surface area (Å²) in [5, 5.41) is 9.52. The average molecular weight is 248 g/mol.